The van der Waals surface area contributed by atoms with Crippen molar-refractivity contribution >= 4 is 11.4 Å². The van der Waals surface area contributed by atoms with Gasteiger partial charge in [-0.3, -0.25) is 9.67 Å². The van der Waals surface area contributed by atoms with Gasteiger partial charge in [0.1, 0.15) is 0 Å². The third-order valence-electron chi connectivity index (χ3n) is 2.53. The van der Waals surface area contributed by atoms with E-state index in [2.05, 4.69) is 22.3 Å². The molecule has 4 nitrogen and oxygen atoms in total. The largest absolute Gasteiger partial charge is 0.352 e. The molecule has 0 aliphatic heterocycles. The number of aromatic nitrogens is 3. The quantitative estimate of drug-likeness (QED) is 0.856. The van der Waals surface area contributed by atoms with Crippen LogP contribution in [0, 0.1) is 6.92 Å². The third-order valence-corrected chi connectivity index (χ3v) is 2.53. The molecule has 2 heterocycles. The first-order chi connectivity index (χ1) is 7.70. The molecule has 0 atom stereocenters. The SMILES string of the molecule is CCc1nn(C)cc1Nc1ccncc1C. The normalized spacial score (nSPS) is 10.4. The van der Waals surface area contributed by atoms with Crippen LogP contribution in [0.5, 0.6) is 0 Å². The van der Waals surface area contributed by atoms with Crippen molar-refractivity contribution in [2.45, 2.75) is 20.3 Å². The maximum absolute atomic E-state index is 4.39. The van der Waals surface area contributed by atoms with Crippen molar-refractivity contribution in [2.75, 3.05) is 5.32 Å². The highest BCUT2D eigenvalue weighted by molar-refractivity contribution is 5.63. The molecule has 0 unspecified atom stereocenters. The van der Waals surface area contributed by atoms with E-state index < -0.39 is 0 Å². The van der Waals surface area contributed by atoms with Crippen molar-refractivity contribution in [3.63, 3.8) is 0 Å². The summed E-state index contributed by atoms with van der Waals surface area (Å²) in [6.45, 7) is 4.14. The zero-order valence-electron chi connectivity index (χ0n) is 9.86. The van der Waals surface area contributed by atoms with Crippen molar-refractivity contribution in [1.82, 2.24) is 14.8 Å². The predicted octanol–water partition coefficient (Wildman–Crippen LogP) is 2.43. The Morgan fingerprint density at radius 1 is 1.38 bits per heavy atom. The zero-order valence-corrected chi connectivity index (χ0v) is 9.86. The number of aryl methyl sites for hydroxylation is 3. The van der Waals surface area contributed by atoms with Crippen molar-refractivity contribution < 1.29 is 0 Å². The predicted molar refractivity (Wildman–Crippen MR) is 64.8 cm³/mol. The topological polar surface area (TPSA) is 42.7 Å². The average molecular weight is 216 g/mol. The molecule has 0 aromatic carbocycles. The van der Waals surface area contributed by atoms with E-state index in [1.54, 1.807) is 6.20 Å². The Bertz CT molecular complexity index is 488. The van der Waals surface area contributed by atoms with Crippen molar-refractivity contribution in [3.05, 3.63) is 35.9 Å². The van der Waals surface area contributed by atoms with E-state index in [0.29, 0.717) is 0 Å². The van der Waals surface area contributed by atoms with Gasteiger partial charge in [0, 0.05) is 31.3 Å². The maximum Gasteiger partial charge on any atom is 0.0856 e. The van der Waals surface area contributed by atoms with Gasteiger partial charge >= 0.3 is 0 Å². The Balaban J connectivity index is 2.30. The maximum atomic E-state index is 4.39. The molecular weight excluding hydrogens is 200 g/mol. The van der Waals surface area contributed by atoms with Crippen LogP contribution in [0.1, 0.15) is 18.2 Å². The minimum atomic E-state index is 0.924. The van der Waals surface area contributed by atoms with E-state index in [1.807, 2.05) is 37.1 Å². The first-order valence-electron chi connectivity index (χ1n) is 5.41. The lowest BCUT2D eigenvalue weighted by atomic mass is 10.2. The summed E-state index contributed by atoms with van der Waals surface area (Å²) in [5.74, 6) is 0. The summed E-state index contributed by atoms with van der Waals surface area (Å²) in [5, 5.41) is 7.78. The summed E-state index contributed by atoms with van der Waals surface area (Å²) in [6, 6.07) is 1.97. The zero-order chi connectivity index (χ0) is 11.5. The van der Waals surface area contributed by atoms with Crippen molar-refractivity contribution in [1.29, 1.82) is 0 Å². The Morgan fingerprint density at radius 2 is 2.19 bits per heavy atom. The lowest BCUT2D eigenvalue weighted by Crippen LogP contribution is -1.95. The lowest BCUT2D eigenvalue weighted by molar-refractivity contribution is 0.746. The minimum absolute atomic E-state index is 0.924. The Kier molecular flexibility index (Phi) is 2.90. The molecule has 0 aliphatic carbocycles. The number of hydrogen-bond acceptors (Lipinski definition) is 3. The van der Waals surface area contributed by atoms with Crippen molar-refractivity contribution in [2.24, 2.45) is 7.05 Å². The van der Waals surface area contributed by atoms with Crippen molar-refractivity contribution in [3.8, 4) is 0 Å². The fraction of sp³-hybridized carbons (Fsp3) is 0.333. The molecule has 2 aromatic heterocycles. The van der Waals surface area contributed by atoms with Gasteiger partial charge in [0.2, 0.25) is 0 Å². The first-order valence-corrected chi connectivity index (χ1v) is 5.41. The standard InChI is InChI=1S/C12H16N4/c1-4-10-12(8-16(3)15-10)14-11-5-6-13-7-9(11)2/h5-8H,4H2,1-3H3,(H,13,14). The highest BCUT2D eigenvalue weighted by Gasteiger charge is 2.06. The fourth-order valence-corrected chi connectivity index (χ4v) is 1.66. The number of nitrogens with zero attached hydrogens (tertiary/aromatic N) is 3. The van der Waals surface area contributed by atoms with Gasteiger partial charge in [0.05, 0.1) is 11.4 Å². The number of nitrogens with one attached hydrogen (secondary N) is 1. The molecule has 84 valence electrons. The molecule has 2 aromatic rings. The van der Waals surface area contributed by atoms with Gasteiger partial charge in [0.25, 0.3) is 0 Å². The molecule has 0 fully saturated rings. The van der Waals surface area contributed by atoms with E-state index in [9.17, 15) is 0 Å². The van der Waals surface area contributed by atoms with Crippen LogP contribution in [-0.2, 0) is 13.5 Å². The summed E-state index contributed by atoms with van der Waals surface area (Å²) >= 11 is 0. The van der Waals surface area contributed by atoms with Crippen LogP contribution in [-0.4, -0.2) is 14.8 Å². The molecule has 2 rings (SSSR count). The van der Waals surface area contributed by atoms with Gasteiger partial charge in [-0.25, -0.2) is 0 Å². The summed E-state index contributed by atoms with van der Waals surface area (Å²) in [7, 11) is 1.93. The summed E-state index contributed by atoms with van der Waals surface area (Å²) in [4.78, 5) is 4.07. The Hall–Kier alpha value is -1.84. The molecule has 0 bridgehead atoms. The average Bonchev–Trinajstić information content (AvgIpc) is 2.62. The first kappa shape index (κ1) is 10.7. The van der Waals surface area contributed by atoms with Crippen LogP contribution < -0.4 is 5.32 Å². The summed E-state index contributed by atoms with van der Waals surface area (Å²) < 4.78 is 1.83. The highest BCUT2D eigenvalue weighted by Crippen LogP contribution is 2.22. The van der Waals surface area contributed by atoms with Crippen LogP contribution in [0.2, 0.25) is 0 Å². The fourth-order valence-electron chi connectivity index (χ4n) is 1.66. The van der Waals surface area contributed by atoms with Gasteiger partial charge in [-0.2, -0.15) is 5.10 Å². The molecule has 0 spiro atoms. The van der Waals surface area contributed by atoms with Gasteiger partial charge in [-0.05, 0) is 25.0 Å². The molecule has 0 saturated carbocycles. The van der Waals surface area contributed by atoms with Crippen LogP contribution in [0.25, 0.3) is 0 Å². The summed E-state index contributed by atoms with van der Waals surface area (Å²) in [6.07, 6.45) is 6.56. The number of hydrogen-bond donors (Lipinski definition) is 1. The van der Waals surface area contributed by atoms with Gasteiger partial charge in [0.15, 0.2) is 0 Å². The van der Waals surface area contributed by atoms with Crippen LogP contribution in [0.4, 0.5) is 11.4 Å². The Labute approximate surface area is 95.3 Å². The molecule has 1 N–H and O–H groups in total. The monoisotopic (exact) mass is 216 g/mol. The summed E-state index contributed by atoms with van der Waals surface area (Å²) in [5.41, 5.74) is 4.36. The molecule has 0 amide bonds. The van der Waals surface area contributed by atoms with Crippen LogP contribution in [0.15, 0.2) is 24.7 Å². The van der Waals surface area contributed by atoms with Gasteiger partial charge in [-0.1, -0.05) is 6.92 Å². The molecule has 0 saturated heterocycles. The van der Waals surface area contributed by atoms with Gasteiger partial charge < -0.3 is 5.32 Å². The molecule has 16 heavy (non-hydrogen) atoms. The highest BCUT2D eigenvalue weighted by atomic mass is 15.3. The van der Waals surface area contributed by atoms with E-state index >= 15 is 0 Å². The van der Waals surface area contributed by atoms with Crippen LogP contribution in [0.3, 0.4) is 0 Å². The third kappa shape index (κ3) is 2.05. The smallest absolute Gasteiger partial charge is 0.0856 e. The number of pyridine rings is 1. The van der Waals surface area contributed by atoms with Gasteiger partial charge in [-0.15, -0.1) is 0 Å². The minimum Gasteiger partial charge on any atom is -0.352 e. The molecule has 4 heteroatoms. The van der Waals surface area contributed by atoms with E-state index in [4.69, 9.17) is 0 Å². The number of anilines is 2. The molecule has 0 aliphatic rings. The van der Waals surface area contributed by atoms with E-state index in [1.165, 1.54) is 0 Å². The second kappa shape index (κ2) is 4.35. The van der Waals surface area contributed by atoms with E-state index in [-0.39, 0.29) is 0 Å². The Morgan fingerprint density at radius 3 is 2.88 bits per heavy atom. The van der Waals surface area contributed by atoms with E-state index in [0.717, 1.165) is 29.1 Å². The molecule has 0 radical (unpaired) electrons. The second-order valence-corrected chi connectivity index (χ2v) is 3.83. The molecular formula is C12H16N4. The number of rotatable bonds is 3. The van der Waals surface area contributed by atoms with Crippen LogP contribution >= 0.6 is 0 Å². The lowest BCUT2D eigenvalue weighted by Gasteiger charge is -2.07. The second-order valence-electron chi connectivity index (χ2n) is 3.83.